The molecule has 31 heavy (non-hydrogen) atoms. The number of carbonyl (C=O) groups is 2. The topological polar surface area (TPSA) is 70.1 Å². The van der Waals surface area contributed by atoms with Crippen LogP contribution in [0, 0.1) is 0 Å². The largest absolute Gasteiger partial charge is 0.444 e. The molecule has 0 spiro atoms. The number of alkyl halides is 3. The number of ether oxygens (including phenoxy) is 1. The lowest BCUT2D eigenvalue weighted by atomic mass is 9.68. The van der Waals surface area contributed by atoms with Crippen molar-refractivity contribution in [2.45, 2.75) is 63.3 Å². The Balaban J connectivity index is 1.77. The smallest absolute Gasteiger partial charge is 0.416 e. The van der Waals surface area contributed by atoms with E-state index in [1.54, 1.807) is 20.8 Å². The van der Waals surface area contributed by atoms with Crippen LogP contribution in [0.3, 0.4) is 0 Å². The number of aliphatic hydroxyl groups is 1. The predicted molar refractivity (Wildman–Crippen MR) is 107 cm³/mol. The van der Waals surface area contributed by atoms with Crippen molar-refractivity contribution in [2.24, 2.45) is 0 Å². The lowest BCUT2D eigenvalue weighted by molar-refractivity contribution is -0.147. The molecule has 6 nitrogen and oxygen atoms in total. The van der Waals surface area contributed by atoms with Crippen LogP contribution in [0.5, 0.6) is 0 Å². The van der Waals surface area contributed by atoms with Gasteiger partial charge in [0.1, 0.15) is 5.60 Å². The monoisotopic (exact) mass is 442 g/mol. The van der Waals surface area contributed by atoms with E-state index in [0.717, 1.165) is 12.1 Å². The molecule has 1 aliphatic carbocycles. The van der Waals surface area contributed by atoms with Crippen molar-refractivity contribution in [2.75, 3.05) is 26.2 Å². The molecule has 0 aromatic heterocycles. The van der Waals surface area contributed by atoms with Gasteiger partial charge in [-0.25, -0.2) is 4.79 Å². The highest BCUT2D eigenvalue weighted by Gasteiger charge is 2.49. The number of amides is 2. The van der Waals surface area contributed by atoms with Gasteiger partial charge < -0.3 is 19.6 Å². The van der Waals surface area contributed by atoms with Gasteiger partial charge in [0.2, 0.25) is 5.91 Å². The normalized spacial score (nSPS) is 20.1. The molecule has 2 fully saturated rings. The number of rotatable bonds is 3. The fourth-order valence-corrected chi connectivity index (χ4v) is 4.02. The molecule has 172 valence electrons. The van der Waals surface area contributed by atoms with Crippen LogP contribution in [-0.4, -0.2) is 64.3 Å². The maximum Gasteiger partial charge on any atom is 0.416 e. The highest BCUT2D eigenvalue weighted by atomic mass is 19.4. The number of piperazine rings is 1. The Labute approximate surface area is 180 Å². The molecule has 1 saturated heterocycles. The van der Waals surface area contributed by atoms with E-state index in [9.17, 15) is 27.9 Å². The van der Waals surface area contributed by atoms with Crippen LogP contribution in [0.4, 0.5) is 18.0 Å². The van der Waals surface area contributed by atoms with Gasteiger partial charge in [0, 0.05) is 26.2 Å². The molecule has 1 unspecified atom stereocenters. The van der Waals surface area contributed by atoms with E-state index >= 15 is 0 Å². The van der Waals surface area contributed by atoms with Crippen molar-refractivity contribution in [1.29, 1.82) is 0 Å². The zero-order valence-electron chi connectivity index (χ0n) is 18.0. The molecular weight excluding hydrogens is 413 g/mol. The number of nitrogens with zero attached hydrogens (tertiary/aromatic N) is 2. The van der Waals surface area contributed by atoms with Gasteiger partial charge >= 0.3 is 12.3 Å². The van der Waals surface area contributed by atoms with E-state index in [1.807, 2.05) is 0 Å². The fourth-order valence-electron chi connectivity index (χ4n) is 4.02. The number of carbonyl (C=O) groups excluding carboxylic acids is 2. The quantitative estimate of drug-likeness (QED) is 0.774. The van der Waals surface area contributed by atoms with Crippen LogP contribution in [-0.2, 0) is 15.7 Å². The average Bonchev–Trinajstić information content (AvgIpc) is 2.65. The van der Waals surface area contributed by atoms with Gasteiger partial charge in [0.05, 0.1) is 17.1 Å². The van der Waals surface area contributed by atoms with Gasteiger partial charge in [-0.05, 0) is 51.7 Å². The molecule has 1 heterocycles. The van der Waals surface area contributed by atoms with Gasteiger partial charge in [0.15, 0.2) is 0 Å². The molecule has 1 atom stereocenters. The highest BCUT2D eigenvalue weighted by Crippen LogP contribution is 2.45. The van der Waals surface area contributed by atoms with Crippen molar-refractivity contribution in [3.05, 3.63) is 35.4 Å². The van der Waals surface area contributed by atoms with E-state index in [4.69, 9.17) is 4.74 Å². The predicted octanol–water partition coefficient (Wildman–Crippen LogP) is 3.78. The summed E-state index contributed by atoms with van der Waals surface area (Å²) in [7, 11) is 0. The molecule has 1 aromatic rings. The molecule has 2 amide bonds. The Kier molecular flexibility index (Phi) is 6.28. The molecule has 1 N–H and O–H groups in total. The van der Waals surface area contributed by atoms with Crippen molar-refractivity contribution in [1.82, 2.24) is 9.80 Å². The van der Waals surface area contributed by atoms with E-state index < -0.39 is 40.9 Å². The van der Waals surface area contributed by atoms with Crippen LogP contribution in [0.25, 0.3) is 0 Å². The Hall–Kier alpha value is -2.29. The van der Waals surface area contributed by atoms with E-state index in [0.29, 0.717) is 19.3 Å². The number of halogens is 3. The Morgan fingerprint density at radius 3 is 2.13 bits per heavy atom. The second-order valence-electron chi connectivity index (χ2n) is 9.31. The summed E-state index contributed by atoms with van der Waals surface area (Å²) in [5.74, 6) is -1.48. The Bertz CT molecular complexity index is 823. The summed E-state index contributed by atoms with van der Waals surface area (Å²) in [5.41, 5.74) is -2.67. The Morgan fingerprint density at radius 2 is 1.65 bits per heavy atom. The van der Waals surface area contributed by atoms with Gasteiger partial charge in [-0.3, -0.25) is 4.79 Å². The Morgan fingerprint density at radius 1 is 1.06 bits per heavy atom. The minimum Gasteiger partial charge on any atom is -0.444 e. The zero-order valence-corrected chi connectivity index (χ0v) is 18.0. The van der Waals surface area contributed by atoms with Gasteiger partial charge in [-0.2, -0.15) is 13.2 Å². The first-order chi connectivity index (χ1) is 14.3. The summed E-state index contributed by atoms with van der Waals surface area (Å²) in [6.45, 7) is 6.27. The molecule has 1 aliphatic heterocycles. The summed E-state index contributed by atoms with van der Waals surface area (Å²) in [6.07, 6.45) is -3.57. The maximum absolute atomic E-state index is 13.4. The van der Waals surface area contributed by atoms with Crippen LogP contribution >= 0.6 is 0 Å². The second kappa shape index (κ2) is 8.33. The molecular formula is C22H29F3N2O4. The third-order valence-electron chi connectivity index (χ3n) is 5.79. The minimum atomic E-state index is -4.54. The molecule has 0 bridgehead atoms. The lowest BCUT2D eigenvalue weighted by Crippen LogP contribution is -2.56. The van der Waals surface area contributed by atoms with E-state index in [2.05, 4.69) is 0 Å². The third kappa shape index (κ3) is 5.31. The van der Waals surface area contributed by atoms with Crippen LogP contribution in [0.1, 0.15) is 57.1 Å². The average molecular weight is 442 g/mol. The van der Waals surface area contributed by atoms with Gasteiger partial charge in [-0.15, -0.1) is 0 Å². The molecule has 3 rings (SSSR count). The lowest BCUT2D eigenvalue weighted by Gasteiger charge is -2.45. The standard InChI is InChI=1S/C22H29F3N2O4/c1-20(2,3)31-19(29)27-12-10-26(11-13-27)18(28)17(21(30)8-5-9-21)15-6-4-7-16(14-15)22(23,24)25/h4,6-7,14,17,30H,5,8-13H2,1-3H3. The molecule has 9 heteroatoms. The fraction of sp³-hybridized carbons (Fsp3) is 0.636. The van der Waals surface area contributed by atoms with Crippen LogP contribution < -0.4 is 0 Å². The van der Waals surface area contributed by atoms with Gasteiger partial charge in [0.25, 0.3) is 0 Å². The molecule has 1 saturated carbocycles. The van der Waals surface area contributed by atoms with Gasteiger partial charge in [-0.1, -0.05) is 18.2 Å². The highest BCUT2D eigenvalue weighted by molar-refractivity contribution is 5.86. The minimum absolute atomic E-state index is 0.164. The molecule has 1 aromatic carbocycles. The maximum atomic E-state index is 13.4. The summed E-state index contributed by atoms with van der Waals surface area (Å²) >= 11 is 0. The second-order valence-corrected chi connectivity index (χ2v) is 9.31. The first-order valence-corrected chi connectivity index (χ1v) is 10.5. The van der Waals surface area contributed by atoms with Crippen molar-refractivity contribution >= 4 is 12.0 Å². The number of hydrogen-bond donors (Lipinski definition) is 1. The van der Waals surface area contributed by atoms with Crippen LogP contribution in [0.15, 0.2) is 24.3 Å². The van der Waals surface area contributed by atoms with E-state index in [-0.39, 0.29) is 31.7 Å². The van der Waals surface area contributed by atoms with Crippen LogP contribution in [0.2, 0.25) is 0 Å². The summed E-state index contributed by atoms with van der Waals surface area (Å²) in [5, 5.41) is 11.0. The van der Waals surface area contributed by atoms with Crippen molar-refractivity contribution in [3.8, 4) is 0 Å². The summed E-state index contributed by atoms with van der Waals surface area (Å²) < 4.78 is 45.0. The third-order valence-corrected chi connectivity index (χ3v) is 5.79. The SMILES string of the molecule is CC(C)(C)OC(=O)N1CCN(C(=O)C(c2cccc(C(F)(F)F)c2)C2(O)CCC2)CC1. The summed E-state index contributed by atoms with van der Waals surface area (Å²) in [4.78, 5) is 28.6. The van der Waals surface area contributed by atoms with Crippen molar-refractivity contribution in [3.63, 3.8) is 0 Å². The van der Waals surface area contributed by atoms with Crippen molar-refractivity contribution < 1.29 is 32.6 Å². The molecule has 2 aliphatic rings. The first kappa shape index (κ1) is 23.4. The first-order valence-electron chi connectivity index (χ1n) is 10.5. The zero-order chi connectivity index (χ0) is 23.0. The number of hydrogen-bond acceptors (Lipinski definition) is 4. The summed E-state index contributed by atoms with van der Waals surface area (Å²) in [6, 6.07) is 4.64. The van der Waals surface area contributed by atoms with E-state index in [1.165, 1.54) is 21.9 Å². The number of benzene rings is 1. The molecule has 0 radical (unpaired) electrons.